The van der Waals surface area contributed by atoms with Crippen LogP contribution >= 0.6 is 27.5 Å². The zero-order valence-corrected chi connectivity index (χ0v) is 9.90. The minimum Gasteiger partial charge on any atom is -0.465 e. The maximum absolute atomic E-state index is 12.4. The fourth-order valence-electron chi connectivity index (χ4n) is 0.996. The lowest BCUT2D eigenvalue weighted by Gasteiger charge is -2.07. The number of carbonyl (C=O) groups excluding carboxylic acids is 1. The Hall–Kier alpha value is -0.680. The normalized spacial score (nSPS) is 10.5. The third-order valence-electron chi connectivity index (χ3n) is 1.73. The zero-order chi connectivity index (χ0) is 11.6. The van der Waals surface area contributed by atoms with Crippen molar-refractivity contribution in [2.75, 3.05) is 7.11 Å². The summed E-state index contributed by atoms with van der Waals surface area (Å²) in [6.07, 6.45) is -2.68. The Kier molecular flexibility index (Phi) is 4.04. The average molecular weight is 299 g/mol. The summed E-state index contributed by atoms with van der Waals surface area (Å²) in [7, 11) is 1.20. The summed E-state index contributed by atoms with van der Waals surface area (Å²) < 4.78 is 29.5. The summed E-state index contributed by atoms with van der Waals surface area (Å²) in [5, 5.41) is -0.159. The number of hydrogen-bond donors (Lipinski definition) is 0. The molecule has 82 valence electrons. The van der Waals surface area contributed by atoms with Gasteiger partial charge in [-0.1, -0.05) is 11.6 Å². The monoisotopic (exact) mass is 298 g/mol. The Bertz CT molecular complexity index is 396. The molecule has 1 rings (SSSR count). The van der Waals surface area contributed by atoms with Gasteiger partial charge >= 0.3 is 5.97 Å². The third-order valence-corrected chi connectivity index (χ3v) is 2.71. The van der Waals surface area contributed by atoms with E-state index in [0.717, 1.165) is 12.1 Å². The molecule has 15 heavy (non-hydrogen) atoms. The van der Waals surface area contributed by atoms with Gasteiger partial charge in [-0.3, -0.25) is 0 Å². The van der Waals surface area contributed by atoms with Gasteiger partial charge in [-0.25, -0.2) is 13.6 Å². The maximum atomic E-state index is 12.4. The van der Waals surface area contributed by atoms with Gasteiger partial charge in [0, 0.05) is 10.0 Å². The molecule has 0 bridgehead atoms. The second-order valence-corrected chi connectivity index (χ2v) is 3.91. The van der Waals surface area contributed by atoms with E-state index >= 15 is 0 Å². The van der Waals surface area contributed by atoms with E-state index in [0.29, 0.717) is 0 Å². The third kappa shape index (κ3) is 2.66. The zero-order valence-electron chi connectivity index (χ0n) is 7.56. The predicted molar refractivity (Wildman–Crippen MR) is 55.4 cm³/mol. The van der Waals surface area contributed by atoms with E-state index in [1.165, 1.54) is 7.11 Å². The van der Waals surface area contributed by atoms with E-state index < -0.39 is 12.4 Å². The Morgan fingerprint density at radius 1 is 1.53 bits per heavy atom. The van der Waals surface area contributed by atoms with Crippen LogP contribution in [0.3, 0.4) is 0 Å². The van der Waals surface area contributed by atoms with Crippen molar-refractivity contribution in [2.24, 2.45) is 0 Å². The number of rotatable bonds is 2. The molecule has 0 fully saturated rings. The van der Waals surface area contributed by atoms with Gasteiger partial charge in [-0.05, 0) is 28.1 Å². The second kappa shape index (κ2) is 4.90. The molecule has 0 aliphatic rings. The topological polar surface area (TPSA) is 26.3 Å². The molecule has 0 N–H and O–H groups in total. The molecule has 0 spiro atoms. The van der Waals surface area contributed by atoms with Crippen LogP contribution in [0.25, 0.3) is 0 Å². The Morgan fingerprint density at radius 3 is 2.60 bits per heavy atom. The van der Waals surface area contributed by atoms with Crippen molar-refractivity contribution in [3.8, 4) is 0 Å². The standard InChI is InChI=1S/C9H6BrClF2O2/c1-15-9(14)4-3-7(11)5(8(12)13)2-6(4)10/h2-3,8H,1H3. The first kappa shape index (κ1) is 12.4. The minimum atomic E-state index is -2.68. The molecule has 0 radical (unpaired) electrons. The van der Waals surface area contributed by atoms with E-state index in [4.69, 9.17) is 11.6 Å². The summed E-state index contributed by atoms with van der Waals surface area (Å²) >= 11 is 8.59. The van der Waals surface area contributed by atoms with Gasteiger partial charge in [0.05, 0.1) is 17.7 Å². The molecule has 0 saturated heterocycles. The highest BCUT2D eigenvalue weighted by Gasteiger charge is 2.18. The SMILES string of the molecule is COC(=O)c1cc(Cl)c(C(F)F)cc1Br. The van der Waals surface area contributed by atoms with Gasteiger partial charge < -0.3 is 4.74 Å². The van der Waals surface area contributed by atoms with Crippen LogP contribution in [-0.4, -0.2) is 13.1 Å². The number of alkyl halides is 2. The van der Waals surface area contributed by atoms with E-state index in [2.05, 4.69) is 20.7 Å². The molecule has 0 unspecified atom stereocenters. The summed E-state index contributed by atoms with van der Waals surface area (Å²) in [6, 6.07) is 2.26. The van der Waals surface area contributed by atoms with Crippen molar-refractivity contribution >= 4 is 33.5 Å². The number of carbonyl (C=O) groups is 1. The molecule has 1 aromatic rings. The second-order valence-electron chi connectivity index (χ2n) is 2.65. The number of hydrogen-bond acceptors (Lipinski definition) is 2. The van der Waals surface area contributed by atoms with Gasteiger partial charge in [0.1, 0.15) is 0 Å². The maximum Gasteiger partial charge on any atom is 0.339 e. The number of ether oxygens (including phenoxy) is 1. The largest absolute Gasteiger partial charge is 0.465 e. The Labute approximate surface area is 98.3 Å². The first-order valence-corrected chi connectivity index (χ1v) is 5.00. The van der Waals surface area contributed by atoms with Crippen LogP contribution in [0.2, 0.25) is 5.02 Å². The molecular weight excluding hydrogens is 293 g/mol. The lowest BCUT2D eigenvalue weighted by molar-refractivity contribution is 0.0599. The van der Waals surface area contributed by atoms with Crippen LogP contribution < -0.4 is 0 Å². The Morgan fingerprint density at radius 2 is 2.13 bits per heavy atom. The van der Waals surface area contributed by atoms with Gasteiger partial charge in [-0.15, -0.1) is 0 Å². The predicted octanol–water partition coefficient (Wildman–Crippen LogP) is 3.83. The Balaban J connectivity index is 3.25. The highest BCUT2D eigenvalue weighted by Crippen LogP contribution is 2.32. The van der Waals surface area contributed by atoms with Crippen molar-refractivity contribution in [3.05, 3.63) is 32.8 Å². The fraction of sp³-hybridized carbons (Fsp3) is 0.222. The van der Waals surface area contributed by atoms with E-state index in [-0.39, 0.29) is 20.6 Å². The summed E-state index contributed by atoms with van der Waals surface area (Å²) in [5.41, 5.74) is -0.205. The minimum absolute atomic E-state index is 0.118. The van der Waals surface area contributed by atoms with Gasteiger partial charge in [0.25, 0.3) is 6.43 Å². The molecule has 0 aliphatic heterocycles. The average Bonchev–Trinajstić information content (AvgIpc) is 2.19. The van der Waals surface area contributed by atoms with Crippen LogP contribution in [0.15, 0.2) is 16.6 Å². The molecule has 2 nitrogen and oxygen atoms in total. The first-order valence-electron chi connectivity index (χ1n) is 3.82. The first-order chi connectivity index (χ1) is 6.97. The molecular formula is C9H6BrClF2O2. The summed E-state index contributed by atoms with van der Waals surface area (Å²) in [4.78, 5) is 11.2. The van der Waals surface area contributed by atoms with Crippen LogP contribution in [0, 0.1) is 0 Å². The van der Waals surface area contributed by atoms with E-state index in [9.17, 15) is 13.6 Å². The van der Waals surface area contributed by atoms with Crippen molar-refractivity contribution in [1.29, 1.82) is 0 Å². The lowest BCUT2D eigenvalue weighted by Crippen LogP contribution is -2.03. The molecule has 0 amide bonds. The van der Waals surface area contributed by atoms with Crippen molar-refractivity contribution in [1.82, 2.24) is 0 Å². The number of esters is 1. The molecule has 0 heterocycles. The number of methoxy groups -OCH3 is 1. The van der Waals surface area contributed by atoms with Crippen molar-refractivity contribution in [3.63, 3.8) is 0 Å². The fourth-order valence-corrected chi connectivity index (χ4v) is 1.76. The molecule has 0 aromatic heterocycles. The highest BCUT2D eigenvalue weighted by molar-refractivity contribution is 9.10. The number of benzene rings is 1. The summed E-state index contributed by atoms with van der Waals surface area (Å²) in [6.45, 7) is 0. The van der Waals surface area contributed by atoms with E-state index in [1.807, 2.05) is 0 Å². The van der Waals surface area contributed by atoms with Crippen molar-refractivity contribution in [2.45, 2.75) is 6.43 Å². The molecule has 1 aromatic carbocycles. The molecule has 0 atom stereocenters. The van der Waals surface area contributed by atoms with E-state index in [1.54, 1.807) is 0 Å². The van der Waals surface area contributed by atoms with Crippen LogP contribution in [-0.2, 0) is 4.74 Å². The van der Waals surface area contributed by atoms with Crippen LogP contribution in [0.4, 0.5) is 8.78 Å². The quantitative estimate of drug-likeness (QED) is 0.776. The van der Waals surface area contributed by atoms with Gasteiger partial charge in [-0.2, -0.15) is 0 Å². The lowest BCUT2D eigenvalue weighted by atomic mass is 10.1. The molecule has 0 aliphatic carbocycles. The molecule has 6 heteroatoms. The number of halogens is 4. The van der Waals surface area contributed by atoms with Gasteiger partial charge in [0.15, 0.2) is 0 Å². The summed E-state index contributed by atoms with van der Waals surface area (Å²) in [5.74, 6) is -0.635. The van der Waals surface area contributed by atoms with Crippen LogP contribution in [0.1, 0.15) is 22.3 Å². The highest BCUT2D eigenvalue weighted by atomic mass is 79.9. The molecule has 0 saturated carbocycles. The van der Waals surface area contributed by atoms with Gasteiger partial charge in [0.2, 0.25) is 0 Å². The van der Waals surface area contributed by atoms with Crippen LogP contribution in [0.5, 0.6) is 0 Å². The smallest absolute Gasteiger partial charge is 0.339 e. The van der Waals surface area contributed by atoms with Crippen molar-refractivity contribution < 1.29 is 18.3 Å².